The molecule has 0 aliphatic carbocycles. The summed E-state index contributed by atoms with van der Waals surface area (Å²) in [6.45, 7) is 1.78. The first-order valence-electron chi connectivity index (χ1n) is 10.0. The van der Waals surface area contributed by atoms with Crippen molar-refractivity contribution >= 4 is 39.4 Å². The number of hydrazone groups is 1. The van der Waals surface area contributed by atoms with E-state index in [0.29, 0.717) is 28.6 Å². The molecule has 3 aromatic rings. The lowest BCUT2D eigenvalue weighted by Gasteiger charge is -2.23. The highest BCUT2D eigenvalue weighted by Gasteiger charge is 2.22. The summed E-state index contributed by atoms with van der Waals surface area (Å²) >= 11 is 6.01. The molecule has 9 heteroatoms. The van der Waals surface area contributed by atoms with Crippen molar-refractivity contribution in [3.8, 4) is 5.75 Å². The molecule has 3 rings (SSSR count). The molecular formula is C24H24ClN3O4S. The van der Waals surface area contributed by atoms with Gasteiger partial charge in [0.1, 0.15) is 18.9 Å². The van der Waals surface area contributed by atoms with Gasteiger partial charge in [-0.25, -0.2) is 13.8 Å². The van der Waals surface area contributed by atoms with Gasteiger partial charge in [-0.05, 0) is 60.0 Å². The molecule has 172 valence electrons. The zero-order valence-electron chi connectivity index (χ0n) is 18.2. The number of halogens is 1. The van der Waals surface area contributed by atoms with Crippen LogP contribution in [0.4, 0.5) is 5.69 Å². The molecule has 0 aliphatic rings. The van der Waals surface area contributed by atoms with Gasteiger partial charge in [-0.2, -0.15) is 5.10 Å². The smallest absolute Gasteiger partial charge is 0.260 e. The van der Waals surface area contributed by atoms with Crippen molar-refractivity contribution in [2.75, 3.05) is 17.1 Å². The van der Waals surface area contributed by atoms with Crippen LogP contribution in [0.2, 0.25) is 5.02 Å². The molecular weight excluding hydrogens is 462 g/mol. The van der Waals surface area contributed by atoms with Crippen LogP contribution in [0.15, 0.2) is 77.9 Å². The van der Waals surface area contributed by atoms with E-state index in [9.17, 15) is 13.2 Å². The molecule has 7 nitrogen and oxygen atoms in total. The van der Waals surface area contributed by atoms with E-state index in [0.717, 1.165) is 21.7 Å². The van der Waals surface area contributed by atoms with Gasteiger partial charge in [-0.1, -0.05) is 48.0 Å². The zero-order chi connectivity index (χ0) is 23.8. The maximum atomic E-state index is 12.3. The number of carbonyl (C=O) groups excluding carboxylic acids is 1. The second-order valence-electron chi connectivity index (χ2n) is 7.34. The van der Waals surface area contributed by atoms with Crippen molar-refractivity contribution in [1.29, 1.82) is 0 Å². The predicted octanol–water partition coefficient (Wildman–Crippen LogP) is 4.14. The number of nitrogens with zero attached hydrogens (tertiary/aromatic N) is 2. The molecule has 0 saturated carbocycles. The van der Waals surface area contributed by atoms with Crippen molar-refractivity contribution in [3.05, 3.63) is 94.5 Å². The number of nitrogens with one attached hydrogen (secondary N) is 1. The number of hydrogen-bond donors (Lipinski definition) is 1. The molecule has 33 heavy (non-hydrogen) atoms. The molecule has 0 aliphatic heterocycles. The number of carbonyl (C=O) groups is 1. The van der Waals surface area contributed by atoms with E-state index < -0.39 is 22.5 Å². The topological polar surface area (TPSA) is 88.1 Å². The molecule has 0 saturated heterocycles. The molecule has 0 radical (unpaired) electrons. The number of amides is 1. The first-order valence-corrected chi connectivity index (χ1v) is 12.3. The monoisotopic (exact) mass is 485 g/mol. The highest BCUT2D eigenvalue weighted by molar-refractivity contribution is 7.92. The van der Waals surface area contributed by atoms with Crippen LogP contribution in [0.1, 0.15) is 16.7 Å². The third kappa shape index (κ3) is 7.34. The average molecular weight is 486 g/mol. The van der Waals surface area contributed by atoms with Crippen molar-refractivity contribution in [1.82, 2.24) is 5.43 Å². The van der Waals surface area contributed by atoms with Crippen LogP contribution < -0.4 is 14.5 Å². The van der Waals surface area contributed by atoms with Crippen molar-refractivity contribution < 1.29 is 17.9 Å². The van der Waals surface area contributed by atoms with Gasteiger partial charge < -0.3 is 4.74 Å². The molecule has 1 amide bonds. The number of hydrogen-bond acceptors (Lipinski definition) is 5. The minimum atomic E-state index is -3.71. The Hall–Kier alpha value is -3.36. The van der Waals surface area contributed by atoms with Crippen molar-refractivity contribution in [2.45, 2.75) is 13.5 Å². The fraction of sp³-hybridized carbons (Fsp3) is 0.167. The molecule has 0 bridgehead atoms. The number of sulfonamides is 1. The SMILES string of the molecule is Cc1ccc(Cl)cc1N(CC(=O)NN=Cc1ccc(OCc2ccccc2)cc1)S(C)(=O)=O. The highest BCUT2D eigenvalue weighted by Crippen LogP contribution is 2.26. The van der Waals surface area contributed by atoms with Gasteiger partial charge in [0.2, 0.25) is 10.0 Å². The predicted molar refractivity (Wildman–Crippen MR) is 131 cm³/mol. The van der Waals surface area contributed by atoms with E-state index in [1.165, 1.54) is 12.3 Å². The Labute approximate surface area is 198 Å². The number of aryl methyl sites for hydroxylation is 1. The van der Waals surface area contributed by atoms with Gasteiger partial charge >= 0.3 is 0 Å². The van der Waals surface area contributed by atoms with E-state index in [4.69, 9.17) is 16.3 Å². The van der Waals surface area contributed by atoms with Crippen LogP contribution in [-0.4, -0.2) is 33.3 Å². The van der Waals surface area contributed by atoms with Gasteiger partial charge in [0.25, 0.3) is 5.91 Å². The Balaban J connectivity index is 1.57. The van der Waals surface area contributed by atoms with Gasteiger partial charge in [-0.3, -0.25) is 9.10 Å². The number of anilines is 1. The maximum Gasteiger partial charge on any atom is 0.260 e. The first-order chi connectivity index (χ1) is 15.7. The van der Waals surface area contributed by atoms with E-state index in [2.05, 4.69) is 10.5 Å². The maximum absolute atomic E-state index is 12.3. The van der Waals surface area contributed by atoms with E-state index in [-0.39, 0.29) is 0 Å². The second kappa shape index (κ2) is 11.0. The minimum Gasteiger partial charge on any atom is -0.489 e. The van der Waals surface area contributed by atoms with Crippen LogP contribution in [0.3, 0.4) is 0 Å². The second-order valence-corrected chi connectivity index (χ2v) is 9.68. The lowest BCUT2D eigenvalue weighted by molar-refractivity contribution is -0.119. The standard InChI is InChI=1S/C24H24ClN3O4S/c1-18-8-11-21(25)14-23(18)28(33(2,30)31)16-24(29)27-26-15-19-9-12-22(13-10-19)32-17-20-6-4-3-5-7-20/h3-15H,16-17H2,1-2H3,(H,27,29). The fourth-order valence-electron chi connectivity index (χ4n) is 2.97. The molecule has 0 aromatic heterocycles. The molecule has 0 atom stereocenters. The summed E-state index contributed by atoms with van der Waals surface area (Å²) in [6, 6.07) is 21.9. The molecule has 0 fully saturated rings. The summed E-state index contributed by atoms with van der Waals surface area (Å²) < 4.78 is 31.2. The molecule has 0 heterocycles. The third-order valence-electron chi connectivity index (χ3n) is 4.66. The van der Waals surface area contributed by atoms with E-state index in [1.54, 1.807) is 43.3 Å². The normalized spacial score (nSPS) is 11.4. The van der Waals surface area contributed by atoms with Crippen LogP contribution in [0.25, 0.3) is 0 Å². The molecule has 0 unspecified atom stereocenters. The largest absolute Gasteiger partial charge is 0.489 e. The fourth-order valence-corrected chi connectivity index (χ4v) is 4.04. The van der Waals surface area contributed by atoms with Crippen LogP contribution in [0, 0.1) is 6.92 Å². The number of benzene rings is 3. The van der Waals surface area contributed by atoms with Gasteiger partial charge in [0, 0.05) is 5.02 Å². The summed E-state index contributed by atoms with van der Waals surface area (Å²) in [5, 5.41) is 4.29. The van der Waals surface area contributed by atoms with E-state index in [1.807, 2.05) is 30.3 Å². The number of rotatable bonds is 9. The minimum absolute atomic E-state index is 0.343. The van der Waals surface area contributed by atoms with Gasteiger partial charge in [0.05, 0.1) is 18.2 Å². The molecule has 3 aromatic carbocycles. The highest BCUT2D eigenvalue weighted by atomic mass is 35.5. The van der Waals surface area contributed by atoms with Gasteiger partial charge in [-0.15, -0.1) is 0 Å². The molecule has 0 spiro atoms. The summed E-state index contributed by atoms with van der Waals surface area (Å²) in [5.74, 6) is 0.125. The molecule has 1 N–H and O–H groups in total. The Morgan fingerprint density at radius 3 is 2.45 bits per heavy atom. The Morgan fingerprint density at radius 1 is 1.09 bits per heavy atom. The summed E-state index contributed by atoms with van der Waals surface area (Å²) in [4.78, 5) is 12.3. The van der Waals surface area contributed by atoms with Crippen molar-refractivity contribution in [2.24, 2.45) is 5.10 Å². The Morgan fingerprint density at radius 2 is 1.79 bits per heavy atom. The summed E-state index contributed by atoms with van der Waals surface area (Å²) in [6.07, 6.45) is 2.50. The lowest BCUT2D eigenvalue weighted by atomic mass is 10.2. The average Bonchev–Trinajstić information content (AvgIpc) is 2.79. The quantitative estimate of drug-likeness (QED) is 0.364. The summed E-state index contributed by atoms with van der Waals surface area (Å²) in [7, 11) is -3.71. The van der Waals surface area contributed by atoms with Crippen LogP contribution >= 0.6 is 11.6 Å². The Bertz CT molecular complexity index is 1230. The van der Waals surface area contributed by atoms with Crippen molar-refractivity contribution in [3.63, 3.8) is 0 Å². The summed E-state index contributed by atoms with van der Waals surface area (Å²) in [5.41, 5.74) is 5.19. The zero-order valence-corrected chi connectivity index (χ0v) is 19.8. The van der Waals surface area contributed by atoms with E-state index >= 15 is 0 Å². The number of ether oxygens (including phenoxy) is 1. The van der Waals surface area contributed by atoms with Crippen LogP contribution in [0.5, 0.6) is 5.75 Å². The first kappa shape index (κ1) is 24.3. The van der Waals surface area contributed by atoms with Gasteiger partial charge in [0.15, 0.2) is 0 Å². The van der Waals surface area contributed by atoms with Crippen LogP contribution in [-0.2, 0) is 21.4 Å². The Kier molecular flexibility index (Phi) is 8.08. The lowest BCUT2D eigenvalue weighted by Crippen LogP contribution is -2.39. The third-order valence-corrected chi connectivity index (χ3v) is 6.02.